The summed E-state index contributed by atoms with van der Waals surface area (Å²) in [6.07, 6.45) is 33.6. The Morgan fingerprint density at radius 2 is 1.08 bits per heavy atom. The largest absolute Gasteiger partial charge is 0.394 e. The van der Waals surface area contributed by atoms with E-state index >= 15 is 0 Å². The molecule has 0 radical (unpaired) electrons. The summed E-state index contributed by atoms with van der Waals surface area (Å²) in [6, 6.07) is -0.815. The maximum absolute atomic E-state index is 12.9. The lowest BCUT2D eigenvalue weighted by Crippen LogP contribution is -2.60. The van der Waals surface area contributed by atoms with Crippen molar-refractivity contribution in [1.29, 1.82) is 0 Å². The van der Waals surface area contributed by atoms with Crippen LogP contribution in [0.15, 0.2) is 24.3 Å². The van der Waals surface area contributed by atoms with Crippen molar-refractivity contribution in [2.24, 2.45) is 0 Å². The zero-order chi connectivity index (χ0) is 38.8. The van der Waals surface area contributed by atoms with Crippen molar-refractivity contribution in [1.82, 2.24) is 5.32 Å². The molecule has 1 heterocycles. The zero-order valence-corrected chi connectivity index (χ0v) is 34.0. The Kier molecular flexibility index (Phi) is 32.9. The fraction of sp³-hybridized carbons (Fsp3) is 0.886. The number of aliphatic hydroxyl groups is 5. The normalized spacial score (nSPS) is 21.8. The average Bonchev–Trinajstić information content (AvgIpc) is 3.16. The fourth-order valence-electron chi connectivity index (χ4n) is 6.94. The topological polar surface area (TPSA) is 149 Å². The number of ether oxygens (including phenoxy) is 2. The predicted octanol–water partition coefficient (Wildman–Crippen LogP) is 8.72. The van der Waals surface area contributed by atoms with E-state index in [4.69, 9.17) is 9.47 Å². The van der Waals surface area contributed by atoms with Gasteiger partial charge in [-0.2, -0.15) is 0 Å². The van der Waals surface area contributed by atoms with Crippen LogP contribution in [0.4, 0.5) is 0 Å². The van der Waals surface area contributed by atoms with E-state index in [-0.39, 0.29) is 12.5 Å². The Morgan fingerprint density at radius 1 is 0.623 bits per heavy atom. The maximum atomic E-state index is 12.9. The van der Waals surface area contributed by atoms with Gasteiger partial charge in [0.15, 0.2) is 6.29 Å². The van der Waals surface area contributed by atoms with Crippen molar-refractivity contribution in [2.75, 3.05) is 13.2 Å². The third-order valence-corrected chi connectivity index (χ3v) is 10.5. The van der Waals surface area contributed by atoms with Gasteiger partial charge in [0.2, 0.25) is 5.91 Å². The first-order valence-electron chi connectivity index (χ1n) is 22.1. The molecule has 0 aromatic carbocycles. The minimum Gasteiger partial charge on any atom is -0.394 e. The first-order valence-corrected chi connectivity index (χ1v) is 22.1. The van der Waals surface area contributed by atoms with Gasteiger partial charge in [-0.05, 0) is 32.1 Å². The van der Waals surface area contributed by atoms with Gasteiger partial charge in [0, 0.05) is 6.42 Å². The van der Waals surface area contributed by atoms with Crippen LogP contribution in [0.25, 0.3) is 0 Å². The maximum Gasteiger partial charge on any atom is 0.220 e. The molecular formula is C44H83NO8. The number of carbonyl (C=O) groups is 1. The van der Waals surface area contributed by atoms with E-state index in [9.17, 15) is 30.3 Å². The van der Waals surface area contributed by atoms with Crippen LogP contribution in [0.2, 0.25) is 0 Å². The molecule has 0 aromatic rings. The van der Waals surface area contributed by atoms with Crippen molar-refractivity contribution >= 4 is 5.91 Å². The van der Waals surface area contributed by atoms with Crippen LogP contribution < -0.4 is 5.32 Å². The van der Waals surface area contributed by atoms with Crippen LogP contribution >= 0.6 is 0 Å². The van der Waals surface area contributed by atoms with Crippen LogP contribution in [0.1, 0.15) is 194 Å². The monoisotopic (exact) mass is 754 g/mol. The molecule has 0 aliphatic carbocycles. The van der Waals surface area contributed by atoms with E-state index in [0.29, 0.717) is 6.42 Å². The highest BCUT2D eigenvalue weighted by Crippen LogP contribution is 2.22. The minimum atomic E-state index is -1.57. The number of nitrogens with one attached hydrogen (secondary N) is 1. The Morgan fingerprint density at radius 3 is 1.58 bits per heavy atom. The molecule has 6 N–H and O–H groups in total. The molecule has 9 nitrogen and oxygen atoms in total. The smallest absolute Gasteiger partial charge is 0.220 e. The molecule has 2 unspecified atom stereocenters. The summed E-state index contributed by atoms with van der Waals surface area (Å²) in [6.45, 7) is 3.75. The number of hydrogen-bond acceptors (Lipinski definition) is 8. The summed E-state index contributed by atoms with van der Waals surface area (Å²) in [4.78, 5) is 12.9. The van der Waals surface area contributed by atoms with Gasteiger partial charge in [0.05, 0.1) is 25.4 Å². The summed E-state index contributed by atoms with van der Waals surface area (Å²) in [7, 11) is 0. The molecule has 1 saturated heterocycles. The summed E-state index contributed by atoms with van der Waals surface area (Å²) >= 11 is 0. The van der Waals surface area contributed by atoms with Crippen LogP contribution in [0.5, 0.6) is 0 Å². The molecular weight excluding hydrogens is 670 g/mol. The Bertz CT molecular complexity index is 883. The van der Waals surface area contributed by atoms with Gasteiger partial charge >= 0.3 is 0 Å². The van der Waals surface area contributed by atoms with Gasteiger partial charge in [0.25, 0.3) is 0 Å². The van der Waals surface area contributed by atoms with Gasteiger partial charge in [-0.1, -0.05) is 179 Å². The van der Waals surface area contributed by atoms with Crippen molar-refractivity contribution in [3.05, 3.63) is 24.3 Å². The highest BCUT2D eigenvalue weighted by molar-refractivity contribution is 5.76. The molecule has 1 fully saturated rings. The quantitative estimate of drug-likeness (QED) is 0.0275. The van der Waals surface area contributed by atoms with Gasteiger partial charge in [-0.3, -0.25) is 4.79 Å². The van der Waals surface area contributed by atoms with Crippen molar-refractivity contribution in [3.8, 4) is 0 Å². The Balaban J connectivity index is 2.41. The van der Waals surface area contributed by atoms with Gasteiger partial charge in [0.1, 0.15) is 24.4 Å². The third-order valence-electron chi connectivity index (χ3n) is 10.5. The summed E-state index contributed by atoms with van der Waals surface area (Å²) in [5.41, 5.74) is 0. The average molecular weight is 754 g/mol. The lowest BCUT2D eigenvalue weighted by molar-refractivity contribution is -0.302. The summed E-state index contributed by atoms with van der Waals surface area (Å²) < 4.78 is 11.2. The molecule has 1 rings (SSSR count). The highest BCUT2D eigenvalue weighted by Gasteiger charge is 2.44. The second kappa shape index (κ2) is 35.1. The minimum absolute atomic E-state index is 0.186. The molecule has 7 atom stereocenters. The number of aliphatic hydroxyl groups excluding tert-OH is 5. The molecule has 0 aromatic heterocycles. The van der Waals surface area contributed by atoms with E-state index in [1.54, 1.807) is 6.08 Å². The fourth-order valence-corrected chi connectivity index (χ4v) is 6.94. The standard InChI is InChI=1S/C44H83NO8/c1-3-5-7-9-11-13-15-17-19-21-23-25-27-29-31-33-38(47)37(36-52-44-43(51)42(50)41(49)39(35-46)53-44)45-40(48)34-32-30-28-26-24-22-20-18-16-14-12-10-8-6-4-2/h23,25,31,33,37-39,41-44,46-47,49-51H,3-22,24,26-30,32,34-36H2,1-2H3,(H,45,48)/b25-23+,33-31+/t37-,38+,39-,41-,42?,43?,44-/m0/s1. The molecule has 53 heavy (non-hydrogen) atoms. The van der Waals surface area contributed by atoms with E-state index in [1.807, 2.05) is 6.08 Å². The van der Waals surface area contributed by atoms with Crippen LogP contribution in [0.3, 0.4) is 0 Å². The first-order chi connectivity index (χ1) is 25.8. The van der Waals surface area contributed by atoms with E-state index in [0.717, 1.165) is 38.5 Å². The molecule has 9 heteroatoms. The number of hydrogen-bond donors (Lipinski definition) is 6. The third kappa shape index (κ3) is 26.2. The molecule has 0 spiro atoms. The molecule has 0 saturated carbocycles. The summed E-state index contributed by atoms with van der Waals surface area (Å²) in [5.74, 6) is -0.186. The Labute approximate surface area is 324 Å². The van der Waals surface area contributed by atoms with E-state index in [2.05, 4.69) is 31.3 Å². The van der Waals surface area contributed by atoms with Crippen LogP contribution in [-0.4, -0.2) is 87.5 Å². The van der Waals surface area contributed by atoms with E-state index < -0.39 is 49.5 Å². The first kappa shape index (κ1) is 49.7. The van der Waals surface area contributed by atoms with Crippen LogP contribution in [0, 0.1) is 0 Å². The lowest BCUT2D eigenvalue weighted by atomic mass is 9.99. The molecule has 1 aliphatic rings. The SMILES string of the molecule is CCCCCCCCCCC/C=C/CC/C=C/[C@@H](O)[C@H](CO[C@H]1O[C@@H](CO)[C@H](O)C(O)C1O)NC(=O)CCCCCCCCCCCCCCCCC. The van der Waals surface area contributed by atoms with Gasteiger partial charge in [-0.25, -0.2) is 0 Å². The molecule has 1 aliphatic heterocycles. The second-order valence-corrected chi connectivity index (χ2v) is 15.5. The van der Waals surface area contributed by atoms with Crippen LogP contribution in [-0.2, 0) is 14.3 Å². The van der Waals surface area contributed by atoms with Gasteiger partial charge < -0.3 is 40.3 Å². The molecule has 1 amide bonds. The van der Waals surface area contributed by atoms with Crippen molar-refractivity contribution in [3.63, 3.8) is 0 Å². The lowest BCUT2D eigenvalue weighted by Gasteiger charge is -2.40. The molecule has 312 valence electrons. The summed E-state index contributed by atoms with van der Waals surface area (Å²) in [5, 5.41) is 54.1. The predicted molar refractivity (Wildman–Crippen MR) is 217 cm³/mol. The van der Waals surface area contributed by atoms with Gasteiger partial charge in [-0.15, -0.1) is 0 Å². The number of unbranched alkanes of at least 4 members (excludes halogenated alkanes) is 24. The van der Waals surface area contributed by atoms with Crippen molar-refractivity contribution in [2.45, 2.75) is 236 Å². The highest BCUT2D eigenvalue weighted by atomic mass is 16.7. The Hall–Kier alpha value is -1.33. The number of carbonyl (C=O) groups excluding carboxylic acids is 1. The number of amides is 1. The second-order valence-electron chi connectivity index (χ2n) is 15.5. The number of rotatable bonds is 36. The number of allylic oxidation sites excluding steroid dienone is 3. The van der Waals surface area contributed by atoms with Crippen molar-refractivity contribution < 1.29 is 39.8 Å². The zero-order valence-electron chi connectivity index (χ0n) is 34.0. The molecule has 0 bridgehead atoms. The van der Waals surface area contributed by atoms with E-state index in [1.165, 1.54) is 135 Å².